The molecule has 1 aromatic rings. The highest BCUT2D eigenvalue weighted by atomic mass is 32.2. The fraction of sp³-hybridized carbons (Fsp3) is 0.576. The van der Waals surface area contributed by atoms with Crippen molar-refractivity contribution in [3.8, 4) is 0 Å². The number of rotatable bonds is 15. The number of likely N-dealkylation sites (tertiary alicyclic amines) is 1. The summed E-state index contributed by atoms with van der Waals surface area (Å²) in [4.78, 5) is 52.3. The number of hydrogen-bond donors (Lipinski definition) is 2. The molecule has 3 aliphatic rings. The number of thiol groups is 1. The molecular weight excluding hydrogens is 583 g/mol. The summed E-state index contributed by atoms with van der Waals surface area (Å²) in [6.07, 6.45) is 12.8. The molecule has 1 N–H and O–H groups in total. The molecule has 1 saturated heterocycles. The van der Waals surface area contributed by atoms with E-state index in [1.165, 1.54) is 0 Å². The summed E-state index contributed by atoms with van der Waals surface area (Å²) in [7, 11) is 1.83. The second-order valence-corrected chi connectivity index (χ2v) is 13.6. The molecule has 1 saturated carbocycles. The first kappa shape index (κ1) is 33.3. The Bertz CT molecular complexity index is 1160. The molecule has 2 aliphatic heterocycles. The van der Waals surface area contributed by atoms with Crippen molar-refractivity contribution in [2.45, 2.75) is 75.6 Å². The van der Waals surface area contributed by atoms with Crippen LogP contribution >= 0.6 is 24.4 Å². The third-order valence-electron chi connectivity index (χ3n) is 9.02. The van der Waals surface area contributed by atoms with Gasteiger partial charge in [0.2, 0.25) is 11.8 Å². The van der Waals surface area contributed by atoms with Crippen LogP contribution in [-0.2, 0) is 19.1 Å². The van der Waals surface area contributed by atoms with Gasteiger partial charge in [-0.1, -0.05) is 12.2 Å². The molecule has 4 rings (SSSR count). The fourth-order valence-electron chi connectivity index (χ4n) is 6.24. The van der Waals surface area contributed by atoms with Gasteiger partial charge in [0.05, 0.1) is 6.42 Å². The first-order chi connectivity index (χ1) is 20.8. The van der Waals surface area contributed by atoms with Crippen LogP contribution in [0.15, 0.2) is 47.2 Å². The second-order valence-electron chi connectivity index (χ2n) is 12.2. The van der Waals surface area contributed by atoms with E-state index in [2.05, 4.69) is 34.3 Å². The molecule has 2 unspecified atom stereocenters. The predicted molar refractivity (Wildman–Crippen MR) is 175 cm³/mol. The fourth-order valence-corrected chi connectivity index (χ4v) is 7.49. The van der Waals surface area contributed by atoms with Crippen molar-refractivity contribution >= 4 is 54.1 Å². The third-order valence-corrected chi connectivity index (χ3v) is 10.4. The Morgan fingerprint density at radius 3 is 2.58 bits per heavy atom. The maximum absolute atomic E-state index is 12.7. The lowest BCUT2D eigenvalue weighted by Crippen LogP contribution is -2.50. The van der Waals surface area contributed by atoms with E-state index in [0.717, 1.165) is 64.4 Å². The molecule has 0 aromatic heterocycles. The van der Waals surface area contributed by atoms with Crippen LogP contribution in [-0.4, -0.2) is 78.5 Å². The zero-order valence-corrected chi connectivity index (χ0v) is 26.8. The predicted octanol–water partition coefficient (Wildman–Crippen LogP) is 5.71. The number of allylic oxidation sites excluding steroid dienone is 2. The van der Waals surface area contributed by atoms with Gasteiger partial charge in [-0.05, 0) is 104 Å². The number of anilines is 1. The number of piperidine rings is 1. The number of hydrogen-bond acceptors (Lipinski definition) is 8. The number of esters is 1. The summed E-state index contributed by atoms with van der Waals surface area (Å²) >= 11 is 5.86. The first-order valence-corrected chi connectivity index (χ1v) is 16.9. The number of nitrogens with zero attached hydrogens (tertiary/aromatic N) is 2. The molecule has 43 heavy (non-hydrogen) atoms. The van der Waals surface area contributed by atoms with Crippen molar-refractivity contribution in [2.75, 3.05) is 38.5 Å². The van der Waals surface area contributed by atoms with Crippen LogP contribution in [0.1, 0.15) is 74.6 Å². The van der Waals surface area contributed by atoms with Crippen LogP contribution in [0.5, 0.6) is 0 Å². The van der Waals surface area contributed by atoms with Gasteiger partial charge in [0.25, 0.3) is 0 Å². The van der Waals surface area contributed by atoms with Crippen molar-refractivity contribution in [3.05, 3.63) is 52.8 Å². The number of benzene rings is 1. The highest BCUT2D eigenvalue weighted by Crippen LogP contribution is 2.50. The van der Waals surface area contributed by atoms with E-state index in [9.17, 15) is 19.2 Å². The number of aldehydes is 1. The van der Waals surface area contributed by atoms with Crippen LogP contribution in [0.2, 0.25) is 0 Å². The number of nitrogens with one attached hydrogen (secondary N) is 1. The Balaban J connectivity index is 1.03. The van der Waals surface area contributed by atoms with E-state index in [1.54, 1.807) is 46.3 Å². The molecule has 8 nitrogen and oxygen atoms in total. The van der Waals surface area contributed by atoms with Gasteiger partial charge >= 0.3 is 5.97 Å². The van der Waals surface area contributed by atoms with Crippen molar-refractivity contribution in [1.82, 2.24) is 9.80 Å². The van der Waals surface area contributed by atoms with Gasteiger partial charge < -0.3 is 19.9 Å². The average molecular weight is 628 g/mol. The van der Waals surface area contributed by atoms with E-state index in [1.807, 2.05) is 13.1 Å². The summed E-state index contributed by atoms with van der Waals surface area (Å²) in [5, 5.41) is 6.94. The van der Waals surface area contributed by atoms with Gasteiger partial charge in [-0.15, -0.1) is 11.8 Å². The van der Waals surface area contributed by atoms with Crippen molar-refractivity contribution in [3.63, 3.8) is 0 Å². The smallest absolute Gasteiger partial charge is 0.307 e. The van der Waals surface area contributed by atoms with E-state index in [4.69, 9.17) is 4.74 Å². The number of carbonyl (C=O) groups is 4. The zero-order chi connectivity index (χ0) is 30.7. The quantitative estimate of drug-likeness (QED) is 0.111. The summed E-state index contributed by atoms with van der Waals surface area (Å²) in [5.74, 6) is 0.352. The van der Waals surface area contributed by atoms with Crippen LogP contribution in [0.4, 0.5) is 5.69 Å². The Morgan fingerprint density at radius 1 is 1.14 bits per heavy atom. The molecule has 10 heteroatoms. The molecule has 2 amide bonds. The third kappa shape index (κ3) is 10.3. The average Bonchev–Trinajstić information content (AvgIpc) is 3.43. The van der Waals surface area contributed by atoms with Crippen molar-refractivity contribution in [2.24, 2.45) is 11.3 Å². The van der Waals surface area contributed by atoms with Crippen LogP contribution in [0, 0.1) is 11.3 Å². The first-order valence-electron chi connectivity index (χ1n) is 15.4. The lowest BCUT2D eigenvalue weighted by atomic mass is 9.61. The monoisotopic (exact) mass is 627 g/mol. The number of unbranched alkanes of at least 4 members (excludes halogenated alkanes) is 1. The van der Waals surface area contributed by atoms with Crippen molar-refractivity contribution in [1.29, 1.82) is 0 Å². The Hall–Kier alpha value is -2.56. The highest BCUT2D eigenvalue weighted by Gasteiger charge is 2.47. The largest absolute Gasteiger partial charge is 0.462 e. The summed E-state index contributed by atoms with van der Waals surface area (Å²) in [5.41, 5.74) is 1.53. The Kier molecular flexibility index (Phi) is 12.8. The summed E-state index contributed by atoms with van der Waals surface area (Å²) < 4.78 is 5.84. The van der Waals surface area contributed by atoms with Crippen LogP contribution in [0.25, 0.3) is 0 Å². The molecule has 1 spiro atoms. The van der Waals surface area contributed by atoms with E-state index in [-0.39, 0.29) is 34.6 Å². The minimum Gasteiger partial charge on any atom is -0.462 e. The van der Waals surface area contributed by atoms with Crippen molar-refractivity contribution < 1.29 is 23.9 Å². The molecule has 1 aliphatic carbocycles. The van der Waals surface area contributed by atoms with Gasteiger partial charge in [0.15, 0.2) is 0 Å². The van der Waals surface area contributed by atoms with Crippen LogP contribution in [0.3, 0.4) is 0 Å². The van der Waals surface area contributed by atoms with Gasteiger partial charge in [0.1, 0.15) is 12.4 Å². The standard InChI is InChI=1S/C33H45N3O5S2/c1-35(15-3-2-6-30(38)34-27-9-7-25(24-37)8-10-27)31(39)11-16-36-17-13-33(14-18-36)22-28(23-33)41-32(40)21-29-26(5-4-19-42)12-20-43-29/h4,7-10,12,19-20,24,26,28-29,42H,2-3,5-6,11,13-18,21-23H2,1H3,(H,34,38)/b19-4-. The molecule has 2 fully saturated rings. The minimum absolute atomic E-state index is 0.0467. The maximum Gasteiger partial charge on any atom is 0.307 e. The second kappa shape index (κ2) is 16.5. The number of thioether (sulfide) groups is 1. The van der Waals surface area contributed by atoms with E-state index < -0.39 is 0 Å². The zero-order valence-electron chi connectivity index (χ0n) is 25.1. The Morgan fingerprint density at radius 2 is 1.88 bits per heavy atom. The van der Waals surface area contributed by atoms with E-state index >= 15 is 0 Å². The SMILES string of the molecule is CN(CCCCC(=O)Nc1ccc(C=O)cc1)C(=O)CCN1CCC2(CC1)CC(OC(=O)CC1SC=CC1C/C=C\S)C2. The summed E-state index contributed by atoms with van der Waals surface area (Å²) in [6.45, 7) is 3.36. The molecule has 2 atom stereocenters. The lowest BCUT2D eigenvalue weighted by molar-refractivity contribution is -0.164. The molecule has 234 valence electrons. The molecule has 2 heterocycles. The molecule has 0 bridgehead atoms. The lowest BCUT2D eigenvalue weighted by Gasteiger charge is -2.51. The molecule has 1 aromatic carbocycles. The Labute approximate surface area is 265 Å². The normalized spacial score (nSPS) is 21.5. The van der Waals surface area contributed by atoms with Gasteiger partial charge in [-0.3, -0.25) is 19.2 Å². The van der Waals surface area contributed by atoms with Gasteiger partial charge in [-0.2, -0.15) is 12.6 Å². The van der Waals surface area contributed by atoms with Gasteiger partial charge in [-0.25, -0.2) is 0 Å². The minimum atomic E-state index is -0.0773. The number of ether oxygens (including phenoxy) is 1. The molecule has 0 radical (unpaired) electrons. The topological polar surface area (TPSA) is 96.0 Å². The van der Waals surface area contributed by atoms with Crippen LogP contribution < -0.4 is 5.32 Å². The number of amides is 2. The summed E-state index contributed by atoms with van der Waals surface area (Å²) in [6, 6.07) is 6.77. The van der Waals surface area contributed by atoms with Gasteiger partial charge in [0, 0.05) is 49.5 Å². The maximum atomic E-state index is 12.7. The highest BCUT2D eigenvalue weighted by molar-refractivity contribution is 8.03. The molecular formula is C33H45N3O5S2. The van der Waals surface area contributed by atoms with E-state index in [0.29, 0.717) is 49.4 Å². The number of carbonyl (C=O) groups excluding carboxylic acids is 4.